The summed E-state index contributed by atoms with van der Waals surface area (Å²) in [5, 5.41) is 7.42. The zero-order valence-corrected chi connectivity index (χ0v) is 12.6. The van der Waals surface area contributed by atoms with Crippen LogP contribution in [0.1, 0.15) is 0 Å². The Bertz CT molecular complexity index is 701. The van der Waals surface area contributed by atoms with Crippen molar-refractivity contribution in [3.05, 3.63) is 12.7 Å². The second-order valence-electron chi connectivity index (χ2n) is 4.05. The highest BCUT2D eigenvalue weighted by molar-refractivity contribution is 7.51. The molecule has 0 aromatic carbocycles. The summed E-state index contributed by atoms with van der Waals surface area (Å²) in [7, 11) is -4.12. The summed E-state index contributed by atoms with van der Waals surface area (Å²) in [6, 6.07) is -0.940. The number of nitrogens with zero attached hydrogens (tertiary/aromatic N) is 4. The molecule has 128 valence electrons. The first-order chi connectivity index (χ1) is 10.7. The summed E-state index contributed by atoms with van der Waals surface area (Å²) in [6.45, 7) is 0.507. The lowest BCUT2D eigenvalue weighted by Crippen LogP contribution is -2.25. The Labute approximate surface area is 129 Å². The molecule has 0 aliphatic heterocycles. The number of hydrogen-bond acceptors (Lipinski definition) is 8. The first-order valence-corrected chi connectivity index (χ1v) is 7.77. The van der Waals surface area contributed by atoms with Crippen molar-refractivity contribution in [2.24, 2.45) is 5.73 Å². The van der Waals surface area contributed by atoms with Crippen molar-refractivity contribution in [2.45, 2.75) is 6.54 Å². The van der Waals surface area contributed by atoms with Crippen LogP contribution in [0, 0.1) is 0 Å². The molecule has 0 fully saturated rings. The van der Waals surface area contributed by atoms with Crippen LogP contribution in [-0.4, -0.2) is 53.5 Å². The number of anilines is 1. The van der Waals surface area contributed by atoms with Crippen LogP contribution in [0.25, 0.3) is 11.2 Å². The number of urea groups is 1. The Kier molecular flexibility index (Phi) is 6.81. The van der Waals surface area contributed by atoms with Crippen molar-refractivity contribution >= 4 is 30.6 Å². The molecular weight excluding hydrogens is 333 g/mol. The number of primary amides is 1. The van der Waals surface area contributed by atoms with E-state index in [1.165, 1.54) is 18.1 Å². The molecular formula is C9H16N7O6P. The molecule has 14 heteroatoms. The topological polar surface area (TPSA) is 212 Å². The van der Waals surface area contributed by atoms with Crippen molar-refractivity contribution < 1.29 is 29.1 Å². The minimum absolute atomic E-state index is 0.139. The van der Waals surface area contributed by atoms with E-state index in [9.17, 15) is 9.36 Å². The number of hydrogen-bond donors (Lipinski definition) is 6. The molecule has 2 rings (SSSR count). The van der Waals surface area contributed by atoms with Crippen LogP contribution >= 0.6 is 7.60 Å². The molecule has 0 bridgehead atoms. The molecule has 2 aromatic rings. The fourth-order valence-electron chi connectivity index (χ4n) is 1.41. The maximum atomic E-state index is 10.6. The van der Waals surface area contributed by atoms with Gasteiger partial charge in [-0.3, -0.25) is 9.77 Å². The number of rotatable bonds is 5. The molecule has 0 saturated heterocycles. The number of amides is 2. The maximum Gasteiger partial charge on any atom is 0.350 e. The lowest BCUT2D eigenvalue weighted by molar-refractivity contribution is 0.149. The Balaban J connectivity index is 0.000000463. The van der Waals surface area contributed by atoms with E-state index < -0.39 is 20.0 Å². The number of nitrogen functional groups attached to an aromatic ring is 1. The van der Waals surface area contributed by atoms with Crippen LogP contribution in [-0.2, 0) is 15.8 Å². The number of ether oxygens (including phenoxy) is 1. The van der Waals surface area contributed by atoms with E-state index in [0.717, 1.165) is 0 Å². The molecule has 13 nitrogen and oxygen atoms in total. The van der Waals surface area contributed by atoms with Gasteiger partial charge in [-0.25, -0.2) is 25.2 Å². The van der Waals surface area contributed by atoms with Crippen LogP contribution in [0.2, 0.25) is 0 Å². The van der Waals surface area contributed by atoms with Gasteiger partial charge in [-0.15, -0.1) is 0 Å². The maximum absolute atomic E-state index is 10.6. The molecule has 0 spiro atoms. The number of carbonyl (C=O) groups is 1. The van der Waals surface area contributed by atoms with Crippen molar-refractivity contribution in [1.29, 1.82) is 0 Å². The van der Waals surface area contributed by atoms with Gasteiger partial charge in [-0.1, -0.05) is 0 Å². The summed E-state index contributed by atoms with van der Waals surface area (Å²) in [5.41, 5.74) is 12.1. The van der Waals surface area contributed by atoms with E-state index in [4.69, 9.17) is 25.5 Å². The molecule has 23 heavy (non-hydrogen) atoms. The molecule has 0 saturated carbocycles. The molecule has 2 aromatic heterocycles. The Hall–Kier alpha value is -2.31. The first-order valence-electron chi connectivity index (χ1n) is 5.97. The predicted molar refractivity (Wildman–Crippen MR) is 77.1 cm³/mol. The summed E-state index contributed by atoms with van der Waals surface area (Å²) < 4.78 is 17.1. The van der Waals surface area contributed by atoms with Crippen molar-refractivity contribution in [3.63, 3.8) is 0 Å². The average molecular weight is 349 g/mol. The van der Waals surface area contributed by atoms with Crippen LogP contribution in [0.3, 0.4) is 0 Å². The zero-order chi connectivity index (χ0) is 17.5. The largest absolute Gasteiger partial charge is 0.382 e. The van der Waals surface area contributed by atoms with E-state index in [1.54, 1.807) is 4.57 Å². The molecule has 0 radical (unpaired) electrons. The number of imidazole rings is 1. The van der Waals surface area contributed by atoms with Crippen molar-refractivity contribution in [2.75, 3.05) is 18.7 Å². The highest BCUT2D eigenvalue weighted by Crippen LogP contribution is 2.33. The second kappa shape index (κ2) is 8.36. The standard InChI is InChI=1S/C8H12N5O4P.CH4N2O2/c9-7-6-8(11-3-10-7)13(4-12-6)1-2-17-5-18(14,15)16;2-1(4)3-5/h3-4H,1-2,5H2,(H2,9,10,11)(H2,14,15,16);5H,(H3,2,3,4). The van der Waals surface area contributed by atoms with Gasteiger partial charge < -0.3 is 30.6 Å². The first kappa shape index (κ1) is 18.7. The number of carbonyl (C=O) groups excluding carboxylic acids is 1. The number of hydroxylamine groups is 1. The molecule has 8 N–H and O–H groups in total. The summed E-state index contributed by atoms with van der Waals surface area (Å²) in [5.74, 6) is 0.287. The van der Waals surface area contributed by atoms with Crippen LogP contribution in [0.15, 0.2) is 12.7 Å². The van der Waals surface area contributed by atoms with E-state index in [0.29, 0.717) is 17.7 Å². The Morgan fingerprint density at radius 2 is 2.04 bits per heavy atom. The molecule has 2 heterocycles. The van der Waals surface area contributed by atoms with Gasteiger partial charge in [-0.2, -0.15) is 0 Å². The third kappa shape index (κ3) is 6.54. The SMILES string of the molecule is NC(=O)NO.Nc1ncnc2c1ncn2CCOCP(=O)(O)O. The predicted octanol–water partition coefficient (Wildman–Crippen LogP) is -1.40. The van der Waals surface area contributed by atoms with E-state index >= 15 is 0 Å². The minimum atomic E-state index is -4.12. The van der Waals surface area contributed by atoms with Crippen LogP contribution < -0.4 is 16.9 Å². The van der Waals surface area contributed by atoms with Gasteiger partial charge in [0.2, 0.25) is 0 Å². The molecule has 0 unspecified atom stereocenters. The molecule has 0 atom stereocenters. The lowest BCUT2D eigenvalue weighted by atomic mass is 10.5. The van der Waals surface area contributed by atoms with E-state index in [2.05, 4.69) is 20.7 Å². The molecule has 2 amide bonds. The number of fused-ring (bicyclic) bond motifs is 1. The van der Waals surface area contributed by atoms with E-state index in [1.807, 2.05) is 0 Å². The quantitative estimate of drug-likeness (QED) is 0.161. The van der Waals surface area contributed by atoms with Crippen LogP contribution in [0.5, 0.6) is 0 Å². The van der Waals surface area contributed by atoms with Crippen LogP contribution in [0.4, 0.5) is 10.6 Å². The lowest BCUT2D eigenvalue weighted by Gasteiger charge is -2.06. The fourth-order valence-corrected chi connectivity index (χ4v) is 1.78. The minimum Gasteiger partial charge on any atom is -0.382 e. The number of nitrogens with two attached hydrogens (primary N) is 2. The highest BCUT2D eigenvalue weighted by Gasteiger charge is 2.13. The van der Waals surface area contributed by atoms with Gasteiger partial charge >= 0.3 is 13.6 Å². The van der Waals surface area contributed by atoms with Gasteiger partial charge in [-0.05, 0) is 0 Å². The monoisotopic (exact) mass is 349 g/mol. The van der Waals surface area contributed by atoms with Gasteiger partial charge in [0.1, 0.15) is 18.2 Å². The number of aromatic nitrogens is 4. The average Bonchev–Trinajstić information content (AvgIpc) is 2.88. The van der Waals surface area contributed by atoms with Crippen molar-refractivity contribution in [3.8, 4) is 0 Å². The summed E-state index contributed by atoms with van der Waals surface area (Å²) in [6.07, 6.45) is 2.25. The van der Waals surface area contributed by atoms with Gasteiger partial charge in [0, 0.05) is 6.54 Å². The highest BCUT2D eigenvalue weighted by atomic mass is 31.2. The fraction of sp³-hybridized carbons (Fsp3) is 0.333. The third-order valence-corrected chi connectivity index (χ3v) is 2.79. The normalized spacial score (nSPS) is 10.9. The van der Waals surface area contributed by atoms with Gasteiger partial charge in [0.05, 0.1) is 12.9 Å². The summed E-state index contributed by atoms with van der Waals surface area (Å²) in [4.78, 5) is 38.3. The van der Waals surface area contributed by atoms with E-state index in [-0.39, 0.29) is 12.4 Å². The smallest absolute Gasteiger partial charge is 0.350 e. The summed E-state index contributed by atoms with van der Waals surface area (Å²) >= 11 is 0. The Morgan fingerprint density at radius 3 is 2.61 bits per heavy atom. The van der Waals surface area contributed by atoms with Gasteiger partial charge in [0.15, 0.2) is 11.5 Å². The van der Waals surface area contributed by atoms with Gasteiger partial charge in [0.25, 0.3) is 0 Å². The van der Waals surface area contributed by atoms with Crippen molar-refractivity contribution in [1.82, 2.24) is 25.0 Å². The number of nitrogens with one attached hydrogen (secondary N) is 1. The molecule has 0 aliphatic rings. The third-order valence-electron chi connectivity index (χ3n) is 2.28. The Morgan fingerprint density at radius 1 is 1.39 bits per heavy atom. The molecule has 0 aliphatic carbocycles. The zero-order valence-electron chi connectivity index (χ0n) is 11.7. The second-order valence-corrected chi connectivity index (χ2v) is 5.63.